The van der Waals surface area contributed by atoms with Crippen molar-refractivity contribution in [3.8, 4) is 0 Å². The van der Waals surface area contributed by atoms with Crippen molar-refractivity contribution >= 4 is 29.1 Å². The van der Waals surface area contributed by atoms with Crippen LogP contribution in [0.25, 0.3) is 0 Å². The van der Waals surface area contributed by atoms with Crippen molar-refractivity contribution < 1.29 is 4.42 Å². The first-order valence-electron chi connectivity index (χ1n) is 8.15. The van der Waals surface area contributed by atoms with Crippen molar-refractivity contribution in [1.29, 1.82) is 0 Å². The lowest BCUT2D eigenvalue weighted by molar-refractivity contribution is 0.507. The molecule has 2 aromatic rings. The smallest absolute Gasteiger partial charge is 0.191 e. The Morgan fingerprint density at radius 1 is 1.29 bits per heavy atom. The Morgan fingerprint density at radius 2 is 2.08 bits per heavy atom. The molecule has 0 unspecified atom stereocenters. The molecule has 0 spiro atoms. The molecule has 0 aliphatic carbocycles. The Balaban J connectivity index is 1.77. The lowest BCUT2D eigenvalue weighted by Crippen LogP contribution is -2.39. The molecule has 7 heteroatoms. The van der Waals surface area contributed by atoms with Crippen LogP contribution in [0, 0.1) is 13.8 Å². The molecular weight excluding hydrogens is 340 g/mol. The zero-order chi connectivity index (χ0) is 17.2. The molecule has 0 fully saturated rings. The van der Waals surface area contributed by atoms with Crippen LogP contribution in [-0.4, -0.2) is 42.6 Å². The van der Waals surface area contributed by atoms with Gasteiger partial charge in [0.15, 0.2) is 5.96 Å². The molecule has 0 aromatic carbocycles. The highest BCUT2D eigenvalue weighted by molar-refractivity contribution is 7.98. The number of hydrogen-bond donors (Lipinski definition) is 2. The van der Waals surface area contributed by atoms with Crippen molar-refractivity contribution in [3.63, 3.8) is 0 Å². The molecule has 2 rings (SSSR count). The Bertz CT molecular complexity index is 603. The van der Waals surface area contributed by atoms with Crippen LogP contribution in [0.15, 0.2) is 27.8 Å². The van der Waals surface area contributed by atoms with Crippen LogP contribution in [-0.2, 0) is 12.8 Å². The zero-order valence-corrected chi connectivity index (χ0v) is 16.2. The van der Waals surface area contributed by atoms with Gasteiger partial charge in [-0.1, -0.05) is 0 Å². The first-order chi connectivity index (χ1) is 11.7. The fourth-order valence-corrected chi connectivity index (χ4v) is 3.32. The fourth-order valence-electron chi connectivity index (χ4n) is 2.12. The number of aryl methyl sites for hydroxylation is 2. The van der Waals surface area contributed by atoms with Gasteiger partial charge in [-0.25, -0.2) is 4.98 Å². The second-order valence-corrected chi connectivity index (χ2v) is 7.68. The lowest BCUT2D eigenvalue weighted by Gasteiger charge is -2.11. The Kier molecular flexibility index (Phi) is 8.18. The molecule has 0 aliphatic rings. The van der Waals surface area contributed by atoms with Gasteiger partial charge in [-0.2, -0.15) is 11.8 Å². The van der Waals surface area contributed by atoms with Crippen LogP contribution in [0.5, 0.6) is 0 Å². The third-order valence-corrected chi connectivity index (χ3v) is 5.24. The number of furan rings is 1. The number of guanidine groups is 1. The predicted octanol–water partition coefficient (Wildman–Crippen LogP) is 3.04. The standard InChI is InChI=1S/C17H26N4OS2/c1-13-14(2)24-16(21-13)7-9-19-17(20-10-12-23-3)18-8-6-15-5-4-11-22-15/h4-5,11H,6-10,12H2,1-3H3,(H2,18,19,20). The number of aliphatic imine (C=N–C) groups is 1. The highest BCUT2D eigenvalue weighted by Gasteiger charge is 2.05. The van der Waals surface area contributed by atoms with E-state index < -0.39 is 0 Å². The minimum Gasteiger partial charge on any atom is -0.469 e. The summed E-state index contributed by atoms with van der Waals surface area (Å²) < 4.78 is 5.36. The average Bonchev–Trinajstić information content (AvgIpc) is 3.18. The summed E-state index contributed by atoms with van der Waals surface area (Å²) in [6, 6.07) is 3.91. The molecule has 0 saturated heterocycles. The summed E-state index contributed by atoms with van der Waals surface area (Å²) in [6.45, 7) is 6.63. The quantitative estimate of drug-likeness (QED) is 0.406. The number of hydrogen-bond acceptors (Lipinski definition) is 5. The van der Waals surface area contributed by atoms with Gasteiger partial charge in [0, 0.05) is 36.6 Å². The number of thioether (sulfide) groups is 1. The second kappa shape index (κ2) is 10.4. The molecule has 0 saturated carbocycles. The Hall–Kier alpha value is -1.47. The number of rotatable bonds is 9. The van der Waals surface area contributed by atoms with Crippen molar-refractivity contribution in [2.75, 3.05) is 31.6 Å². The number of nitrogens with zero attached hydrogens (tertiary/aromatic N) is 2. The van der Waals surface area contributed by atoms with Crippen LogP contribution in [0.2, 0.25) is 0 Å². The van der Waals surface area contributed by atoms with E-state index in [2.05, 4.69) is 40.7 Å². The minimum absolute atomic E-state index is 0.800. The number of nitrogens with one attached hydrogen (secondary N) is 2. The van der Waals surface area contributed by atoms with Gasteiger partial charge in [0.2, 0.25) is 0 Å². The maximum atomic E-state index is 5.36. The maximum Gasteiger partial charge on any atom is 0.191 e. The third-order valence-electron chi connectivity index (χ3n) is 3.51. The summed E-state index contributed by atoms with van der Waals surface area (Å²) in [5.41, 5.74) is 1.14. The summed E-state index contributed by atoms with van der Waals surface area (Å²) in [5.74, 6) is 2.87. The molecule has 2 N–H and O–H groups in total. The van der Waals surface area contributed by atoms with Crippen LogP contribution in [0.1, 0.15) is 21.3 Å². The molecule has 2 aromatic heterocycles. The van der Waals surface area contributed by atoms with E-state index in [-0.39, 0.29) is 0 Å². The van der Waals surface area contributed by atoms with E-state index in [4.69, 9.17) is 4.42 Å². The summed E-state index contributed by atoms with van der Waals surface area (Å²) >= 11 is 3.58. The summed E-state index contributed by atoms with van der Waals surface area (Å²) in [7, 11) is 0. The third kappa shape index (κ3) is 6.57. The van der Waals surface area contributed by atoms with Gasteiger partial charge >= 0.3 is 0 Å². The minimum atomic E-state index is 0.800. The van der Waals surface area contributed by atoms with Gasteiger partial charge in [0.1, 0.15) is 5.76 Å². The van der Waals surface area contributed by atoms with Crippen LogP contribution >= 0.6 is 23.1 Å². The van der Waals surface area contributed by atoms with Gasteiger partial charge in [-0.3, -0.25) is 4.99 Å². The largest absolute Gasteiger partial charge is 0.469 e. The topological polar surface area (TPSA) is 62.5 Å². The highest BCUT2D eigenvalue weighted by Crippen LogP contribution is 2.16. The van der Waals surface area contributed by atoms with E-state index in [9.17, 15) is 0 Å². The number of thiazole rings is 1. The summed E-state index contributed by atoms with van der Waals surface area (Å²) in [6.07, 6.45) is 5.57. The number of aromatic nitrogens is 1. The van der Waals surface area contributed by atoms with Crippen LogP contribution < -0.4 is 10.6 Å². The first kappa shape index (κ1) is 18.9. The van der Waals surface area contributed by atoms with E-state index in [1.807, 2.05) is 12.1 Å². The summed E-state index contributed by atoms with van der Waals surface area (Å²) in [5, 5.41) is 7.95. The normalized spacial score (nSPS) is 11.7. The van der Waals surface area contributed by atoms with Crippen molar-refractivity contribution in [2.24, 2.45) is 4.99 Å². The van der Waals surface area contributed by atoms with Gasteiger partial charge in [-0.15, -0.1) is 11.3 Å². The molecule has 0 bridgehead atoms. The van der Waals surface area contributed by atoms with Gasteiger partial charge in [0.05, 0.1) is 23.5 Å². The van der Waals surface area contributed by atoms with E-state index in [1.54, 1.807) is 29.4 Å². The Morgan fingerprint density at radius 3 is 2.71 bits per heavy atom. The first-order valence-corrected chi connectivity index (χ1v) is 10.4. The maximum absolute atomic E-state index is 5.36. The molecule has 132 valence electrons. The van der Waals surface area contributed by atoms with Crippen molar-refractivity contribution in [1.82, 2.24) is 15.6 Å². The molecular formula is C17H26N4OS2. The highest BCUT2D eigenvalue weighted by atomic mass is 32.2. The Labute approximate surface area is 152 Å². The van der Waals surface area contributed by atoms with Gasteiger partial charge in [0.25, 0.3) is 0 Å². The van der Waals surface area contributed by atoms with Crippen molar-refractivity contribution in [3.05, 3.63) is 39.7 Å². The van der Waals surface area contributed by atoms with E-state index in [0.717, 1.165) is 55.6 Å². The SMILES string of the molecule is CSCCN=C(NCCc1ccco1)NCCc1nc(C)c(C)s1. The van der Waals surface area contributed by atoms with Crippen LogP contribution in [0.3, 0.4) is 0 Å². The second-order valence-electron chi connectivity index (χ2n) is 5.41. The molecule has 0 atom stereocenters. The molecule has 0 radical (unpaired) electrons. The van der Waals surface area contributed by atoms with Crippen LogP contribution in [0.4, 0.5) is 0 Å². The predicted molar refractivity (Wildman–Crippen MR) is 104 cm³/mol. The molecule has 5 nitrogen and oxygen atoms in total. The molecule has 0 amide bonds. The van der Waals surface area contributed by atoms with Gasteiger partial charge < -0.3 is 15.1 Å². The molecule has 2 heterocycles. The zero-order valence-electron chi connectivity index (χ0n) is 14.6. The monoisotopic (exact) mass is 366 g/mol. The lowest BCUT2D eigenvalue weighted by atomic mass is 10.3. The fraction of sp³-hybridized carbons (Fsp3) is 0.529. The average molecular weight is 367 g/mol. The summed E-state index contributed by atoms with van der Waals surface area (Å²) in [4.78, 5) is 10.5. The van der Waals surface area contributed by atoms with Gasteiger partial charge in [-0.05, 0) is 32.2 Å². The van der Waals surface area contributed by atoms with E-state index in [0.29, 0.717) is 0 Å². The van der Waals surface area contributed by atoms with E-state index in [1.165, 1.54) is 9.88 Å². The van der Waals surface area contributed by atoms with E-state index >= 15 is 0 Å². The molecule has 24 heavy (non-hydrogen) atoms. The van der Waals surface area contributed by atoms with Crippen molar-refractivity contribution in [2.45, 2.75) is 26.7 Å². The molecule has 0 aliphatic heterocycles.